The first-order valence-electron chi connectivity index (χ1n) is 9.76. The van der Waals surface area contributed by atoms with Gasteiger partial charge in [0, 0.05) is 28.0 Å². The number of rotatable bonds is 2. The molecule has 0 aromatic heterocycles. The van der Waals surface area contributed by atoms with E-state index in [0.29, 0.717) is 0 Å². The van der Waals surface area contributed by atoms with Crippen molar-refractivity contribution in [2.75, 3.05) is 14.1 Å². The first-order valence-corrected chi connectivity index (χ1v) is 10.1. The molecule has 0 saturated carbocycles. The molecule has 3 aliphatic carbocycles. The fourth-order valence-corrected chi connectivity index (χ4v) is 5.60. The molecule has 1 amide bonds. The lowest BCUT2D eigenvalue weighted by Crippen LogP contribution is -2.65. The number of Topliss-reactive ketones (excluding diaryl/α,β-unsaturated/α-hetero) is 2. The van der Waals surface area contributed by atoms with Gasteiger partial charge in [0.1, 0.15) is 17.1 Å². The lowest BCUT2D eigenvalue weighted by Gasteiger charge is -2.51. The van der Waals surface area contributed by atoms with E-state index in [9.17, 15) is 34.8 Å². The highest BCUT2D eigenvalue weighted by Crippen LogP contribution is 2.55. The predicted molar refractivity (Wildman–Crippen MR) is 111 cm³/mol. The van der Waals surface area contributed by atoms with E-state index in [2.05, 4.69) is 0 Å². The van der Waals surface area contributed by atoms with Crippen LogP contribution in [0, 0.1) is 11.8 Å². The fraction of sp³-hybridized carbons (Fsp3) is 0.381. The van der Waals surface area contributed by atoms with Gasteiger partial charge in [-0.25, -0.2) is 0 Å². The molecule has 0 fully saturated rings. The van der Waals surface area contributed by atoms with Crippen LogP contribution in [0.25, 0.3) is 0 Å². The van der Waals surface area contributed by atoms with Crippen LogP contribution in [0.4, 0.5) is 0 Å². The second-order valence-corrected chi connectivity index (χ2v) is 8.94. The largest absolute Gasteiger partial charge is 0.510 e. The van der Waals surface area contributed by atoms with Crippen LogP contribution in [0.3, 0.4) is 0 Å². The van der Waals surface area contributed by atoms with Gasteiger partial charge < -0.3 is 31.9 Å². The van der Waals surface area contributed by atoms with Gasteiger partial charge in [0.05, 0.1) is 23.4 Å². The number of aliphatic hydroxyl groups is 3. The van der Waals surface area contributed by atoms with E-state index in [1.807, 2.05) is 0 Å². The molecule has 0 saturated heterocycles. The summed E-state index contributed by atoms with van der Waals surface area (Å²) in [5.74, 6) is -6.45. The van der Waals surface area contributed by atoms with Gasteiger partial charge in [-0.1, -0.05) is 11.6 Å². The van der Waals surface area contributed by atoms with Crippen LogP contribution in [0.5, 0.6) is 5.75 Å². The molecule has 0 aliphatic heterocycles. The van der Waals surface area contributed by atoms with E-state index >= 15 is 0 Å². The number of primary amides is 1. The number of hydrogen-bond acceptors (Lipinski definition) is 9. The molecule has 170 valence electrons. The van der Waals surface area contributed by atoms with Gasteiger partial charge in [-0.2, -0.15) is 0 Å². The van der Waals surface area contributed by atoms with Crippen molar-refractivity contribution >= 4 is 29.1 Å². The van der Waals surface area contributed by atoms with Gasteiger partial charge in [0.2, 0.25) is 5.78 Å². The molecule has 0 unspecified atom stereocenters. The average molecular weight is 464 g/mol. The number of benzene rings is 1. The van der Waals surface area contributed by atoms with Gasteiger partial charge in [0.25, 0.3) is 5.91 Å². The van der Waals surface area contributed by atoms with E-state index < -0.39 is 69.8 Å². The Bertz CT molecular complexity index is 1160. The molecule has 0 bridgehead atoms. The monoisotopic (exact) mass is 463 g/mol. The molecular formula is C21H22ClN3O7. The zero-order valence-electron chi connectivity index (χ0n) is 17.2. The van der Waals surface area contributed by atoms with Crippen molar-refractivity contribution < 1.29 is 34.8 Å². The van der Waals surface area contributed by atoms with Crippen molar-refractivity contribution in [2.24, 2.45) is 23.3 Å². The van der Waals surface area contributed by atoms with Crippen molar-refractivity contribution in [1.82, 2.24) is 4.90 Å². The highest BCUT2D eigenvalue weighted by Gasteiger charge is 2.63. The molecule has 0 heterocycles. The number of halogens is 1. The Morgan fingerprint density at radius 2 is 1.88 bits per heavy atom. The fourth-order valence-electron chi connectivity index (χ4n) is 5.33. The van der Waals surface area contributed by atoms with Crippen molar-refractivity contribution in [1.29, 1.82) is 0 Å². The summed E-state index contributed by atoms with van der Waals surface area (Å²) in [6, 6.07) is 1.45. The van der Waals surface area contributed by atoms with E-state index in [1.165, 1.54) is 17.0 Å². The van der Waals surface area contributed by atoms with Crippen molar-refractivity contribution in [3.8, 4) is 5.75 Å². The molecule has 32 heavy (non-hydrogen) atoms. The minimum absolute atomic E-state index is 0.0183. The number of phenolic OH excluding ortho intramolecular Hbond substituents is 1. The average Bonchev–Trinajstić information content (AvgIpc) is 2.69. The minimum Gasteiger partial charge on any atom is -0.510 e. The number of aliphatic hydroxyl groups excluding tert-OH is 2. The Morgan fingerprint density at radius 3 is 2.44 bits per heavy atom. The Hall–Kier alpha value is -2.92. The minimum atomic E-state index is -2.54. The van der Waals surface area contributed by atoms with Gasteiger partial charge >= 0.3 is 0 Å². The first kappa shape index (κ1) is 22.3. The standard InChI is InChI=1S/C21H22ClN3O7/c1-25(2)14-7-5-6-10(16(28)12-9(26)4-3-8(22)11(12)15(6)27)18(23)21(7,32)19(30)13(17(14)29)20(24)31/h3-4,6-7,14-15,26-27,29,32H,5,23H2,1-2H3,(H2,24,31)/t6-,7-,14-,15-,21-/m0/s1. The van der Waals surface area contributed by atoms with E-state index in [4.69, 9.17) is 23.1 Å². The smallest absolute Gasteiger partial charge is 0.255 e. The third-order valence-corrected chi connectivity index (χ3v) is 7.06. The lowest BCUT2D eigenvalue weighted by atomic mass is 9.57. The van der Waals surface area contributed by atoms with Crippen LogP contribution in [0.1, 0.15) is 28.4 Å². The summed E-state index contributed by atoms with van der Waals surface area (Å²) in [5, 5.41) is 43.7. The molecule has 10 nitrogen and oxygen atoms in total. The van der Waals surface area contributed by atoms with Gasteiger partial charge in [-0.3, -0.25) is 19.3 Å². The maximum absolute atomic E-state index is 13.3. The summed E-state index contributed by atoms with van der Waals surface area (Å²) in [4.78, 5) is 40.0. The lowest BCUT2D eigenvalue weighted by molar-refractivity contribution is -0.145. The predicted octanol–water partition coefficient (Wildman–Crippen LogP) is -0.334. The third-order valence-electron chi connectivity index (χ3n) is 6.73. The quantitative estimate of drug-likeness (QED) is 0.319. The summed E-state index contributed by atoms with van der Waals surface area (Å²) in [6.45, 7) is 0. The molecule has 1 aromatic carbocycles. The second kappa shape index (κ2) is 7.04. The number of nitrogens with zero attached hydrogens (tertiary/aromatic N) is 1. The number of aromatic hydroxyl groups is 1. The van der Waals surface area contributed by atoms with Gasteiger partial charge in [0.15, 0.2) is 11.4 Å². The Balaban J connectivity index is 2.02. The van der Waals surface area contributed by atoms with Crippen LogP contribution in [0.2, 0.25) is 5.02 Å². The highest BCUT2D eigenvalue weighted by molar-refractivity contribution is 6.33. The molecule has 0 spiro atoms. The Kier molecular flexibility index (Phi) is 4.90. The zero-order valence-corrected chi connectivity index (χ0v) is 17.9. The van der Waals surface area contributed by atoms with Crippen LogP contribution in [-0.4, -0.2) is 68.5 Å². The number of amides is 1. The number of carbonyl (C=O) groups excluding carboxylic acids is 3. The normalized spacial score (nSPS) is 32.1. The first-order chi connectivity index (χ1) is 14.8. The SMILES string of the molecule is CN(C)[C@@H]1C(O)=C(C(N)=O)C(=O)[C@@]2(O)C(N)=C3C(=O)c4c(O)ccc(Cl)c4[C@@H](O)[C@H]3C[C@@H]12. The van der Waals surface area contributed by atoms with Crippen molar-refractivity contribution in [3.63, 3.8) is 0 Å². The summed E-state index contributed by atoms with van der Waals surface area (Å²) in [7, 11) is 3.11. The molecule has 4 rings (SSSR count). The van der Waals surface area contributed by atoms with Crippen LogP contribution in [-0.2, 0) is 9.59 Å². The maximum atomic E-state index is 13.3. The molecule has 0 radical (unpaired) electrons. The number of ketones is 2. The maximum Gasteiger partial charge on any atom is 0.255 e. The van der Waals surface area contributed by atoms with Gasteiger partial charge in [-0.05, 0) is 32.6 Å². The summed E-state index contributed by atoms with van der Waals surface area (Å²) in [5.41, 5.74) is 7.10. The van der Waals surface area contributed by atoms with Crippen LogP contribution >= 0.6 is 11.6 Å². The van der Waals surface area contributed by atoms with E-state index in [0.717, 1.165) is 0 Å². The topological polar surface area (TPSA) is 187 Å². The number of nitrogens with two attached hydrogens (primary N) is 2. The third kappa shape index (κ3) is 2.61. The molecule has 8 N–H and O–H groups in total. The van der Waals surface area contributed by atoms with Crippen molar-refractivity contribution in [3.05, 3.63) is 50.9 Å². The van der Waals surface area contributed by atoms with Gasteiger partial charge in [-0.15, -0.1) is 0 Å². The summed E-state index contributed by atoms with van der Waals surface area (Å²) < 4.78 is 0. The molecule has 1 aromatic rings. The number of carbonyl (C=O) groups is 3. The molecule has 5 atom stereocenters. The Morgan fingerprint density at radius 1 is 1.25 bits per heavy atom. The van der Waals surface area contributed by atoms with E-state index in [-0.39, 0.29) is 28.1 Å². The van der Waals surface area contributed by atoms with Crippen LogP contribution < -0.4 is 11.5 Å². The van der Waals surface area contributed by atoms with E-state index in [1.54, 1.807) is 14.1 Å². The number of fused-ring (bicyclic) bond motifs is 3. The number of likely N-dealkylation sites (N-methyl/N-ethyl adjacent to an activating group) is 1. The number of hydrogen-bond donors (Lipinski definition) is 6. The number of phenols is 1. The second-order valence-electron chi connectivity index (χ2n) is 8.53. The molecule has 11 heteroatoms. The Labute approximate surface area is 187 Å². The van der Waals surface area contributed by atoms with Crippen LogP contribution in [0.15, 0.2) is 34.7 Å². The summed E-state index contributed by atoms with van der Waals surface area (Å²) in [6.07, 6.45) is -1.54. The zero-order chi connectivity index (χ0) is 23.9. The molecular weight excluding hydrogens is 442 g/mol. The van der Waals surface area contributed by atoms with Crippen molar-refractivity contribution in [2.45, 2.75) is 24.2 Å². The summed E-state index contributed by atoms with van der Waals surface area (Å²) >= 11 is 6.20. The highest BCUT2D eigenvalue weighted by atomic mass is 35.5. The molecule has 3 aliphatic rings.